The maximum atomic E-state index is 12.2. The van der Waals surface area contributed by atoms with Crippen LogP contribution in [-0.4, -0.2) is 67.9 Å². The molecule has 26 heavy (non-hydrogen) atoms. The first-order chi connectivity index (χ1) is 12.4. The van der Waals surface area contributed by atoms with Gasteiger partial charge in [-0.25, -0.2) is 0 Å². The van der Waals surface area contributed by atoms with E-state index in [0.717, 1.165) is 0 Å². The van der Waals surface area contributed by atoms with Gasteiger partial charge in [-0.3, -0.25) is 19.3 Å². The summed E-state index contributed by atoms with van der Waals surface area (Å²) in [5.74, 6) is -0.376. The number of carbonyl (C=O) groups excluding carboxylic acids is 3. The van der Waals surface area contributed by atoms with E-state index in [1.54, 1.807) is 45.3 Å². The van der Waals surface area contributed by atoms with Crippen LogP contribution in [0.25, 0.3) is 0 Å². The van der Waals surface area contributed by atoms with E-state index < -0.39 is 0 Å². The van der Waals surface area contributed by atoms with Crippen molar-refractivity contribution in [2.24, 2.45) is 5.92 Å². The molecule has 2 amide bonds. The van der Waals surface area contributed by atoms with Gasteiger partial charge < -0.3 is 15.0 Å². The summed E-state index contributed by atoms with van der Waals surface area (Å²) in [5.41, 5.74) is 1.24. The normalized spacial score (nSPS) is 15.3. The number of carbonyl (C=O) groups is 3. The highest BCUT2D eigenvalue weighted by Crippen LogP contribution is 2.18. The first-order valence-corrected chi connectivity index (χ1v) is 8.91. The van der Waals surface area contributed by atoms with Gasteiger partial charge in [0, 0.05) is 25.3 Å². The number of nitrogens with zero attached hydrogens (tertiary/aromatic N) is 2. The van der Waals surface area contributed by atoms with Gasteiger partial charge in [0.05, 0.1) is 19.1 Å². The molecule has 0 aromatic heterocycles. The van der Waals surface area contributed by atoms with Crippen LogP contribution in [-0.2, 0) is 14.3 Å². The fourth-order valence-electron chi connectivity index (χ4n) is 2.94. The molecular formula is C19H27N3O4. The number of rotatable bonds is 6. The molecule has 0 atom stereocenters. The predicted molar refractivity (Wildman–Crippen MR) is 98.9 cm³/mol. The summed E-state index contributed by atoms with van der Waals surface area (Å²) in [6.07, 6.45) is 1.43. The molecule has 1 fully saturated rings. The van der Waals surface area contributed by atoms with Gasteiger partial charge in [0.2, 0.25) is 5.91 Å². The Balaban J connectivity index is 1.79. The van der Waals surface area contributed by atoms with E-state index in [2.05, 4.69) is 5.32 Å². The molecule has 0 aliphatic carbocycles. The lowest BCUT2D eigenvalue weighted by Crippen LogP contribution is -2.41. The minimum Gasteiger partial charge on any atom is -0.466 e. The van der Waals surface area contributed by atoms with Gasteiger partial charge in [-0.15, -0.1) is 0 Å². The molecular weight excluding hydrogens is 334 g/mol. The molecule has 0 unspecified atom stereocenters. The van der Waals surface area contributed by atoms with Gasteiger partial charge in [0.25, 0.3) is 5.91 Å². The molecule has 0 spiro atoms. The number of nitrogens with one attached hydrogen (secondary N) is 1. The Morgan fingerprint density at radius 3 is 2.31 bits per heavy atom. The zero-order valence-corrected chi connectivity index (χ0v) is 15.7. The molecule has 7 heteroatoms. The Bertz CT molecular complexity index is 635. The summed E-state index contributed by atoms with van der Waals surface area (Å²) < 4.78 is 5.05. The van der Waals surface area contributed by atoms with Crippen LogP contribution in [0.3, 0.4) is 0 Å². The monoisotopic (exact) mass is 361 g/mol. The molecule has 1 aliphatic rings. The number of esters is 1. The first kappa shape index (κ1) is 19.9. The largest absolute Gasteiger partial charge is 0.466 e. The van der Waals surface area contributed by atoms with Crippen molar-refractivity contribution < 1.29 is 19.1 Å². The minimum atomic E-state index is -0.135. The molecule has 1 heterocycles. The van der Waals surface area contributed by atoms with Crippen LogP contribution >= 0.6 is 0 Å². The first-order valence-electron chi connectivity index (χ1n) is 8.91. The smallest absolute Gasteiger partial charge is 0.309 e. The highest BCUT2D eigenvalue weighted by atomic mass is 16.5. The number of amides is 2. The predicted octanol–water partition coefficient (Wildman–Crippen LogP) is 1.60. The van der Waals surface area contributed by atoms with E-state index in [1.807, 2.05) is 4.90 Å². The maximum Gasteiger partial charge on any atom is 0.309 e. The third kappa shape index (κ3) is 5.56. The van der Waals surface area contributed by atoms with Crippen molar-refractivity contribution in [1.29, 1.82) is 0 Å². The average molecular weight is 361 g/mol. The molecule has 1 aliphatic heterocycles. The van der Waals surface area contributed by atoms with Crippen molar-refractivity contribution in [2.75, 3.05) is 45.7 Å². The average Bonchev–Trinajstić information content (AvgIpc) is 2.62. The van der Waals surface area contributed by atoms with Crippen LogP contribution in [0.1, 0.15) is 30.1 Å². The van der Waals surface area contributed by atoms with Gasteiger partial charge in [-0.1, -0.05) is 0 Å². The van der Waals surface area contributed by atoms with Crippen molar-refractivity contribution >= 4 is 23.5 Å². The van der Waals surface area contributed by atoms with E-state index in [4.69, 9.17) is 4.74 Å². The summed E-state index contributed by atoms with van der Waals surface area (Å²) >= 11 is 0. The van der Waals surface area contributed by atoms with Crippen LogP contribution in [0, 0.1) is 5.92 Å². The third-order valence-electron chi connectivity index (χ3n) is 4.40. The summed E-state index contributed by atoms with van der Waals surface area (Å²) in [6.45, 7) is 3.90. The number of ether oxygens (including phenoxy) is 1. The Kier molecular flexibility index (Phi) is 7.15. The Labute approximate surface area is 154 Å². The van der Waals surface area contributed by atoms with Crippen LogP contribution in [0.2, 0.25) is 0 Å². The van der Waals surface area contributed by atoms with Crippen molar-refractivity contribution in [2.45, 2.75) is 19.8 Å². The molecule has 2 rings (SSSR count). The standard InChI is InChI=1S/C19H27N3O4/c1-4-26-19(25)15-9-11-22(12-10-15)13-17(23)20-16-7-5-14(6-8-16)18(24)21(2)3/h5-8,15H,4,9-13H2,1-3H3,(H,20,23). The van der Waals surface area contributed by atoms with Crippen LogP contribution in [0.5, 0.6) is 0 Å². The second-order valence-electron chi connectivity index (χ2n) is 6.63. The second kappa shape index (κ2) is 9.33. The topological polar surface area (TPSA) is 79.0 Å². The van der Waals surface area contributed by atoms with Crippen molar-refractivity contribution in [1.82, 2.24) is 9.80 Å². The Hall–Kier alpha value is -2.41. The minimum absolute atomic E-state index is 0.0592. The van der Waals surface area contributed by atoms with Gasteiger partial charge in [0.15, 0.2) is 0 Å². The maximum absolute atomic E-state index is 12.2. The van der Waals surface area contributed by atoms with E-state index in [1.165, 1.54) is 4.90 Å². The number of anilines is 1. The molecule has 7 nitrogen and oxygen atoms in total. The lowest BCUT2D eigenvalue weighted by molar-refractivity contribution is -0.149. The number of hydrogen-bond donors (Lipinski definition) is 1. The van der Waals surface area contributed by atoms with E-state index >= 15 is 0 Å². The number of likely N-dealkylation sites (tertiary alicyclic amines) is 1. The van der Waals surface area contributed by atoms with E-state index in [9.17, 15) is 14.4 Å². The van der Waals surface area contributed by atoms with Crippen LogP contribution in [0.15, 0.2) is 24.3 Å². The summed E-state index contributed by atoms with van der Waals surface area (Å²) in [7, 11) is 3.40. The van der Waals surface area contributed by atoms with Gasteiger partial charge >= 0.3 is 5.97 Å². The number of benzene rings is 1. The molecule has 0 radical (unpaired) electrons. The highest BCUT2D eigenvalue weighted by molar-refractivity contribution is 5.96. The molecule has 0 saturated carbocycles. The van der Waals surface area contributed by atoms with E-state index in [0.29, 0.717) is 43.8 Å². The highest BCUT2D eigenvalue weighted by Gasteiger charge is 2.26. The fraction of sp³-hybridized carbons (Fsp3) is 0.526. The van der Waals surface area contributed by atoms with Gasteiger partial charge in [-0.05, 0) is 57.1 Å². The third-order valence-corrected chi connectivity index (χ3v) is 4.40. The quantitative estimate of drug-likeness (QED) is 0.779. The van der Waals surface area contributed by atoms with Gasteiger partial charge in [-0.2, -0.15) is 0 Å². The number of piperidine rings is 1. The number of hydrogen-bond acceptors (Lipinski definition) is 5. The summed E-state index contributed by atoms with van der Waals surface area (Å²) in [4.78, 5) is 39.3. The summed E-state index contributed by atoms with van der Waals surface area (Å²) in [5, 5.41) is 2.84. The Morgan fingerprint density at radius 2 is 1.77 bits per heavy atom. The van der Waals surface area contributed by atoms with Crippen molar-refractivity contribution in [3.8, 4) is 0 Å². The van der Waals surface area contributed by atoms with Crippen LogP contribution < -0.4 is 5.32 Å². The molecule has 142 valence electrons. The second-order valence-corrected chi connectivity index (χ2v) is 6.63. The zero-order chi connectivity index (χ0) is 19.1. The fourth-order valence-corrected chi connectivity index (χ4v) is 2.94. The SMILES string of the molecule is CCOC(=O)C1CCN(CC(=O)Nc2ccc(C(=O)N(C)C)cc2)CC1. The van der Waals surface area contributed by atoms with Gasteiger partial charge in [0.1, 0.15) is 0 Å². The molecule has 1 aromatic carbocycles. The van der Waals surface area contributed by atoms with Crippen molar-refractivity contribution in [3.63, 3.8) is 0 Å². The molecule has 1 saturated heterocycles. The molecule has 1 N–H and O–H groups in total. The van der Waals surface area contributed by atoms with Crippen LogP contribution in [0.4, 0.5) is 5.69 Å². The van der Waals surface area contributed by atoms with E-state index in [-0.39, 0.29) is 30.2 Å². The zero-order valence-electron chi connectivity index (χ0n) is 15.7. The lowest BCUT2D eigenvalue weighted by atomic mass is 9.97. The van der Waals surface area contributed by atoms with Crippen molar-refractivity contribution in [3.05, 3.63) is 29.8 Å². The Morgan fingerprint density at radius 1 is 1.15 bits per heavy atom. The molecule has 1 aromatic rings. The summed E-state index contributed by atoms with van der Waals surface area (Å²) in [6, 6.07) is 6.84. The molecule has 0 bridgehead atoms. The lowest BCUT2D eigenvalue weighted by Gasteiger charge is -2.30.